The van der Waals surface area contributed by atoms with Crippen LogP contribution in [0, 0.1) is 0 Å². The van der Waals surface area contributed by atoms with Crippen molar-refractivity contribution in [2.75, 3.05) is 6.61 Å². The van der Waals surface area contributed by atoms with E-state index in [0.717, 1.165) is 44.9 Å². The molecule has 0 rings (SSSR count). The molecule has 4 unspecified atom stereocenters. The number of hydrogen-bond donors (Lipinski definition) is 5. The zero-order chi connectivity index (χ0) is 42.4. The smallest absolute Gasteiger partial charge is 0.249 e. The number of carbonyl (C=O) groups is 1. The third-order valence-corrected chi connectivity index (χ3v) is 12.5. The topological polar surface area (TPSA) is 110 Å². The molecule has 1 amide bonds. The number of nitrogens with one attached hydrogen (secondary N) is 1. The Morgan fingerprint density at radius 3 is 1.00 bits per heavy atom. The molecule has 4 atom stereocenters. The molecule has 0 aliphatic heterocycles. The standard InChI is InChI=1S/C52H103NO5/c1-3-5-7-9-11-13-15-17-19-21-23-25-26-28-30-32-34-36-38-40-42-44-46-50(56)52(58)53-48(47-54)51(57)49(55)45-43-41-39-37-35-33-31-29-27-24-22-20-18-16-14-12-10-8-6-4-2/h28,30,48-51,54-57H,3-27,29,31-47H2,1-2H3,(H,53,58)/b30-28-. The van der Waals surface area contributed by atoms with Crippen molar-refractivity contribution in [2.24, 2.45) is 0 Å². The number of aliphatic hydroxyl groups excluding tert-OH is 4. The van der Waals surface area contributed by atoms with Crippen LogP contribution in [0.1, 0.15) is 284 Å². The van der Waals surface area contributed by atoms with Crippen molar-refractivity contribution in [1.82, 2.24) is 5.32 Å². The number of carbonyl (C=O) groups excluding carboxylic acids is 1. The van der Waals surface area contributed by atoms with Gasteiger partial charge in [-0.05, 0) is 38.5 Å². The van der Waals surface area contributed by atoms with Crippen molar-refractivity contribution in [2.45, 2.75) is 308 Å². The molecular weight excluding hydrogens is 719 g/mol. The summed E-state index contributed by atoms with van der Waals surface area (Å²) in [6.45, 7) is 4.08. The van der Waals surface area contributed by atoms with E-state index >= 15 is 0 Å². The summed E-state index contributed by atoms with van der Waals surface area (Å²) >= 11 is 0. The van der Waals surface area contributed by atoms with Crippen LogP contribution in [0.4, 0.5) is 0 Å². The van der Waals surface area contributed by atoms with Crippen LogP contribution in [-0.2, 0) is 4.79 Å². The lowest BCUT2D eigenvalue weighted by atomic mass is 9.99. The fraction of sp³-hybridized carbons (Fsp3) is 0.942. The quantitative estimate of drug-likeness (QED) is 0.0310. The van der Waals surface area contributed by atoms with E-state index in [2.05, 4.69) is 31.3 Å². The first-order valence-corrected chi connectivity index (χ1v) is 26.1. The highest BCUT2D eigenvalue weighted by molar-refractivity contribution is 5.80. The largest absolute Gasteiger partial charge is 0.394 e. The van der Waals surface area contributed by atoms with Crippen molar-refractivity contribution in [3.8, 4) is 0 Å². The number of rotatable bonds is 48. The first-order valence-electron chi connectivity index (χ1n) is 26.1. The zero-order valence-electron chi connectivity index (χ0n) is 39.1. The number of allylic oxidation sites excluding steroid dienone is 2. The summed E-state index contributed by atoms with van der Waals surface area (Å²) in [7, 11) is 0. The van der Waals surface area contributed by atoms with Gasteiger partial charge in [-0.3, -0.25) is 4.79 Å². The molecule has 0 spiro atoms. The molecule has 5 N–H and O–H groups in total. The molecule has 0 saturated carbocycles. The highest BCUT2D eigenvalue weighted by atomic mass is 16.3. The average molecular weight is 822 g/mol. The third kappa shape index (κ3) is 40.5. The Morgan fingerprint density at radius 1 is 0.414 bits per heavy atom. The van der Waals surface area contributed by atoms with E-state index in [1.807, 2.05) is 0 Å². The van der Waals surface area contributed by atoms with Crippen molar-refractivity contribution in [3.05, 3.63) is 12.2 Å². The molecule has 0 saturated heterocycles. The van der Waals surface area contributed by atoms with Crippen LogP contribution in [-0.4, -0.2) is 57.3 Å². The van der Waals surface area contributed by atoms with Gasteiger partial charge in [0.05, 0.1) is 18.8 Å². The van der Waals surface area contributed by atoms with Crippen molar-refractivity contribution in [1.29, 1.82) is 0 Å². The van der Waals surface area contributed by atoms with Crippen LogP contribution in [0.5, 0.6) is 0 Å². The van der Waals surface area contributed by atoms with Gasteiger partial charge in [-0.2, -0.15) is 0 Å². The molecule has 58 heavy (non-hydrogen) atoms. The summed E-state index contributed by atoms with van der Waals surface area (Å²) in [6.07, 6.45) is 54.0. The van der Waals surface area contributed by atoms with Gasteiger partial charge in [0, 0.05) is 0 Å². The summed E-state index contributed by atoms with van der Waals surface area (Å²) in [5.74, 6) is -0.584. The van der Waals surface area contributed by atoms with E-state index in [-0.39, 0.29) is 0 Å². The van der Waals surface area contributed by atoms with E-state index in [9.17, 15) is 25.2 Å². The molecule has 0 aromatic heterocycles. The summed E-state index contributed by atoms with van der Waals surface area (Å²) in [5, 5.41) is 43.9. The molecule has 0 fully saturated rings. The lowest BCUT2D eigenvalue weighted by Gasteiger charge is -2.27. The number of hydrogen-bond acceptors (Lipinski definition) is 5. The molecule has 0 aromatic rings. The normalized spacial score (nSPS) is 14.0. The summed E-state index contributed by atoms with van der Waals surface area (Å²) in [6, 6.07) is -0.985. The minimum Gasteiger partial charge on any atom is -0.394 e. The van der Waals surface area contributed by atoms with Crippen molar-refractivity contribution < 1.29 is 25.2 Å². The first-order chi connectivity index (χ1) is 28.5. The van der Waals surface area contributed by atoms with Gasteiger partial charge in [0.25, 0.3) is 0 Å². The maximum Gasteiger partial charge on any atom is 0.249 e. The Kier molecular flexibility index (Phi) is 46.3. The van der Waals surface area contributed by atoms with Gasteiger partial charge < -0.3 is 25.7 Å². The van der Waals surface area contributed by atoms with Crippen molar-refractivity contribution >= 4 is 5.91 Å². The lowest BCUT2D eigenvalue weighted by molar-refractivity contribution is -0.132. The molecule has 6 nitrogen and oxygen atoms in total. The molecule has 0 aliphatic carbocycles. The van der Waals surface area contributed by atoms with Crippen LogP contribution in [0.25, 0.3) is 0 Å². The Hall–Kier alpha value is -0.950. The molecule has 346 valence electrons. The second kappa shape index (κ2) is 47.1. The molecule has 0 aromatic carbocycles. The summed E-state index contributed by atoms with van der Waals surface area (Å²) in [5.41, 5.74) is 0. The van der Waals surface area contributed by atoms with Gasteiger partial charge in [-0.1, -0.05) is 257 Å². The molecule has 0 bridgehead atoms. The highest BCUT2D eigenvalue weighted by Gasteiger charge is 2.28. The van der Waals surface area contributed by atoms with E-state index in [0.29, 0.717) is 12.8 Å². The minimum absolute atomic E-state index is 0.365. The van der Waals surface area contributed by atoms with Gasteiger partial charge in [0.2, 0.25) is 5.91 Å². The Labute approximate surface area is 362 Å². The molecule has 0 heterocycles. The molecule has 6 heteroatoms. The zero-order valence-corrected chi connectivity index (χ0v) is 39.1. The van der Waals surface area contributed by atoms with E-state index < -0.39 is 36.9 Å². The number of unbranched alkanes of at least 4 members (excludes halogenated alkanes) is 37. The van der Waals surface area contributed by atoms with Crippen LogP contribution >= 0.6 is 0 Å². The predicted molar refractivity (Wildman–Crippen MR) is 251 cm³/mol. The third-order valence-electron chi connectivity index (χ3n) is 12.5. The second-order valence-electron chi connectivity index (χ2n) is 18.2. The number of amides is 1. The fourth-order valence-corrected chi connectivity index (χ4v) is 8.34. The maximum atomic E-state index is 12.6. The number of aliphatic hydroxyl groups is 4. The van der Waals surface area contributed by atoms with Crippen LogP contribution in [0.15, 0.2) is 12.2 Å². The Balaban J connectivity index is 3.66. The maximum absolute atomic E-state index is 12.6. The molecule has 0 radical (unpaired) electrons. The van der Waals surface area contributed by atoms with Gasteiger partial charge in [0.15, 0.2) is 0 Å². The van der Waals surface area contributed by atoms with Crippen LogP contribution < -0.4 is 5.32 Å². The van der Waals surface area contributed by atoms with E-state index in [1.165, 1.54) is 212 Å². The van der Waals surface area contributed by atoms with Crippen LogP contribution in [0.3, 0.4) is 0 Å². The first kappa shape index (κ1) is 57.1. The van der Waals surface area contributed by atoms with Crippen molar-refractivity contribution in [3.63, 3.8) is 0 Å². The Bertz CT molecular complexity index is 837. The Morgan fingerprint density at radius 2 is 0.690 bits per heavy atom. The van der Waals surface area contributed by atoms with E-state index in [4.69, 9.17) is 0 Å². The van der Waals surface area contributed by atoms with Crippen LogP contribution in [0.2, 0.25) is 0 Å². The second-order valence-corrected chi connectivity index (χ2v) is 18.2. The SMILES string of the molecule is CCCCCCCCCCCCCC/C=C\CCCCCCCCC(O)C(=O)NC(CO)C(O)C(O)CCCCCCCCCCCCCCCCCCCCCC. The van der Waals surface area contributed by atoms with Gasteiger partial charge >= 0.3 is 0 Å². The van der Waals surface area contributed by atoms with E-state index in [1.54, 1.807) is 0 Å². The predicted octanol–water partition coefficient (Wildman–Crippen LogP) is 14.5. The van der Waals surface area contributed by atoms with Gasteiger partial charge in [0.1, 0.15) is 12.2 Å². The van der Waals surface area contributed by atoms with Gasteiger partial charge in [-0.25, -0.2) is 0 Å². The lowest BCUT2D eigenvalue weighted by Crippen LogP contribution is -2.53. The minimum atomic E-state index is -1.26. The summed E-state index contributed by atoms with van der Waals surface area (Å²) < 4.78 is 0. The molecule has 0 aliphatic rings. The fourth-order valence-electron chi connectivity index (χ4n) is 8.34. The summed E-state index contributed by atoms with van der Waals surface area (Å²) in [4.78, 5) is 12.6. The van der Waals surface area contributed by atoms with Gasteiger partial charge in [-0.15, -0.1) is 0 Å². The monoisotopic (exact) mass is 822 g/mol. The average Bonchev–Trinajstić information content (AvgIpc) is 3.23. The highest BCUT2D eigenvalue weighted by Crippen LogP contribution is 2.18. The molecular formula is C52H103NO5.